The standard InChI is InChI=1S/C42H72O13.Pt/c1-21(2)10-9-14-42(8,55-37-35(51)33(49)31(47)25(20-44)53-37)22-11-16-41(7)29(22)23(45)18-27-39(5)15-13-28(38(3,4)26(39)12-17-40(27,41)6)54-36-34(50)32(48)30(46)24(19-43)52-36;/h10,22-37,43-51H,9,11-20H2,1-8H3;/q;+4/t22-,23+,24+,25+,26-,27+,28-,29-,30+,31+,32-,33-,34+,35+,36-,37-,39-,40+,41+,42-;/m0./s1. The SMILES string of the molecule is CC(C)=CCC[C@](C)(O[C@@H]1O[C@H](CO)[C@@H](O)[C@H](O)[C@H]1O)[C@H]1CC[C@]2(C)[C@@H]1[C@H](O)C[C@@H]1[C@@]3(C)CC[C@H](O[C@@H]4O[C@H](CO)[C@@H](O)[C@H](O)[C@H]4O)C(C)(C)[C@@H]3CC[C@]12C.[Pt+4]. The first-order valence-corrected chi connectivity index (χ1v) is 20.9. The zero-order chi connectivity index (χ0) is 40.6. The van der Waals surface area contributed by atoms with Crippen LogP contribution in [0.2, 0.25) is 0 Å². The van der Waals surface area contributed by atoms with Gasteiger partial charge in [-0.2, -0.15) is 0 Å². The Kier molecular flexibility index (Phi) is 14.3. The van der Waals surface area contributed by atoms with Crippen LogP contribution in [0, 0.1) is 45.3 Å². The van der Waals surface area contributed by atoms with Crippen molar-refractivity contribution in [3.63, 3.8) is 0 Å². The van der Waals surface area contributed by atoms with Crippen molar-refractivity contribution < 1.29 is 86.0 Å². The van der Waals surface area contributed by atoms with Gasteiger partial charge >= 0.3 is 21.1 Å². The Labute approximate surface area is 347 Å². The van der Waals surface area contributed by atoms with Gasteiger partial charge in [-0.1, -0.05) is 46.3 Å². The summed E-state index contributed by atoms with van der Waals surface area (Å²) < 4.78 is 24.9. The summed E-state index contributed by atoms with van der Waals surface area (Å²) in [4.78, 5) is 0. The number of hydrogen-bond donors (Lipinski definition) is 9. The van der Waals surface area contributed by atoms with Crippen LogP contribution in [0.1, 0.15) is 113 Å². The molecule has 0 radical (unpaired) electrons. The van der Waals surface area contributed by atoms with Crippen LogP contribution in [-0.2, 0) is 40.0 Å². The van der Waals surface area contributed by atoms with Gasteiger partial charge in [-0.15, -0.1) is 0 Å². The summed E-state index contributed by atoms with van der Waals surface area (Å²) in [6, 6.07) is 0. The minimum atomic E-state index is -1.55. The van der Waals surface area contributed by atoms with E-state index < -0.39 is 86.3 Å². The molecule has 2 aliphatic heterocycles. The molecule has 0 aromatic heterocycles. The third kappa shape index (κ3) is 7.60. The fourth-order valence-electron chi connectivity index (χ4n) is 13.4. The first-order valence-electron chi connectivity index (χ1n) is 20.9. The van der Waals surface area contributed by atoms with E-state index in [2.05, 4.69) is 40.7 Å². The maximum absolute atomic E-state index is 12.5. The molecule has 2 saturated heterocycles. The van der Waals surface area contributed by atoms with Crippen molar-refractivity contribution in [2.75, 3.05) is 13.2 Å². The monoisotopic (exact) mass is 979 g/mol. The second-order valence-electron chi connectivity index (χ2n) is 20.1. The second kappa shape index (κ2) is 17.0. The Bertz CT molecular complexity index is 1380. The van der Waals surface area contributed by atoms with E-state index in [-0.39, 0.29) is 72.5 Å². The van der Waals surface area contributed by atoms with Crippen LogP contribution in [0.25, 0.3) is 0 Å². The molecule has 20 atom stereocenters. The van der Waals surface area contributed by atoms with Crippen LogP contribution in [0.4, 0.5) is 0 Å². The van der Waals surface area contributed by atoms with Gasteiger partial charge in [-0.3, -0.25) is 0 Å². The van der Waals surface area contributed by atoms with Crippen LogP contribution in [-0.4, -0.2) is 138 Å². The van der Waals surface area contributed by atoms with Crippen molar-refractivity contribution in [3.8, 4) is 0 Å². The average Bonchev–Trinajstić information content (AvgIpc) is 3.51. The van der Waals surface area contributed by atoms with Crippen molar-refractivity contribution in [3.05, 3.63) is 11.6 Å². The van der Waals surface area contributed by atoms with Gasteiger partial charge in [-0.05, 0) is 124 Å². The predicted octanol–water partition coefficient (Wildman–Crippen LogP) is 2.15. The van der Waals surface area contributed by atoms with Crippen molar-refractivity contribution in [1.82, 2.24) is 0 Å². The molecule has 9 N–H and O–H groups in total. The van der Waals surface area contributed by atoms with E-state index in [4.69, 9.17) is 18.9 Å². The molecule has 6 aliphatic rings. The number of aliphatic hydroxyl groups excluding tert-OH is 9. The van der Waals surface area contributed by atoms with Gasteiger partial charge < -0.3 is 64.9 Å². The maximum atomic E-state index is 12.5. The van der Waals surface area contributed by atoms with Gasteiger partial charge in [0.05, 0.1) is 31.0 Å². The molecule has 4 saturated carbocycles. The maximum Gasteiger partial charge on any atom is 4.00 e. The van der Waals surface area contributed by atoms with Crippen LogP contribution in [0.15, 0.2) is 11.6 Å². The Morgan fingerprint density at radius 1 is 0.714 bits per heavy atom. The summed E-state index contributed by atoms with van der Waals surface area (Å²) in [7, 11) is 0. The predicted molar refractivity (Wildman–Crippen MR) is 201 cm³/mol. The van der Waals surface area contributed by atoms with Gasteiger partial charge in [0.15, 0.2) is 12.6 Å². The third-order valence-electron chi connectivity index (χ3n) is 16.7. The largest absolute Gasteiger partial charge is 4.00 e. The third-order valence-corrected chi connectivity index (χ3v) is 16.7. The van der Waals surface area contributed by atoms with Crippen LogP contribution in [0.3, 0.4) is 0 Å². The Balaban J connectivity index is 0.00000600. The van der Waals surface area contributed by atoms with Crippen LogP contribution in [0.5, 0.6) is 0 Å². The number of aliphatic hydroxyl groups is 9. The molecule has 0 aromatic rings. The molecular formula is C42H72O13Pt+4. The molecular weight excluding hydrogens is 908 g/mol. The molecule has 14 heteroatoms. The summed E-state index contributed by atoms with van der Waals surface area (Å²) >= 11 is 0. The van der Waals surface area contributed by atoms with Crippen molar-refractivity contribution in [2.24, 2.45) is 45.3 Å². The molecule has 56 heavy (non-hydrogen) atoms. The van der Waals surface area contributed by atoms with Gasteiger partial charge in [0, 0.05) is 0 Å². The van der Waals surface area contributed by atoms with E-state index in [1.807, 2.05) is 20.8 Å². The van der Waals surface area contributed by atoms with E-state index in [0.717, 1.165) is 32.1 Å². The van der Waals surface area contributed by atoms with Gasteiger partial charge in [-0.25, -0.2) is 0 Å². The molecule has 0 spiro atoms. The topological polar surface area (TPSA) is 219 Å². The normalized spacial score (nSPS) is 51.1. The summed E-state index contributed by atoms with van der Waals surface area (Å²) in [6.45, 7) is 16.6. The fraction of sp³-hybridized carbons (Fsp3) is 0.952. The summed E-state index contributed by atoms with van der Waals surface area (Å²) in [5.74, 6) is 0.196. The molecule has 324 valence electrons. The van der Waals surface area contributed by atoms with Crippen molar-refractivity contribution in [1.29, 1.82) is 0 Å². The quantitative estimate of drug-likeness (QED) is 0.113. The zero-order valence-electron chi connectivity index (χ0n) is 34.6. The van der Waals surface area contributed by atoms with E-state index in [1.54, 1.807) is 0 Å². The van der Waals surface area contributed by atoms with E-state index in [9.17, 15) is 46.0 Å². The second-order valence-corrected chi connectivity index (χ2v) is 20.1. The summed E-state index contributed by atoms with van der Waals surface area (Å²) in [5, 5.41) is 95.9. The fourth-order valence-corrected chi connectivity index (χ4v) is 13.4. The van der Waals surface area contributed by atoms with Gasteiger partial charge in [0.2, 0.25) is 0 Å². The van der Waals surface area contributed by atoms with E-state index >= 15 is 0 Å². The van der Waals surface area contributed by atoms with E-state index in [1.165, 1.54) is 5.57 Å². The number of fused-ring (bicyclic) bond motifs is 5. The summed E-state index contributed by atoms with van der Waals surface area (Å²) in [5.41, 5.74) is -0.592. The molecule has 0 unspecified atom stereocenters. The van der Waals surface area contributed by atoms with Crippen molar-refractivity contribution >= 4 is 0 Å². The number of hydrogen-bond acceptors (Lipinski definition) is 13. The Morgan fingerprint density at radius 2 is 1.27 bits per heavy atom. The molecule has 0 bridgehead atoms. The molecule has 6 rings (SSSR count). The van der Waals surface area contributed by atoms with Gasteiger partial charge in [0.1, 0.15) is 48.8 Å². The zero-order valence-corrected chi connectivity index (χ0v) is 36.8. The smallest absolute Gasteiger partial charge is 0.394 e. The van der Waals surface area contributed by atoms with Gasteiger partial charge in [0.25, 0.3) is 0 Å². The minimum Gasteiger partial charge on any atom is -0.394 e. The first kappa shape index (κ1) is 47.0. The van der Waals surface area contributed by atoms with E-state index in [0.29, 0.717) is 25.7 Å². The first-order chi connectivity index (χ1) is 25.6. The molecule has 13 nitrogen and oxygen atoms in total. The molecule has 4 aliphatic carbocycles. The number of rotatable bonds is 10. The van der Waals surface area contributed by atoms with Crippen molar-refractivity contribution in [2.45, 2.75) is 192 Å². The Hall–Kier alpha value is -0.0917. The van der Waals surface area contributed by atoms with Crippen LogP contribution < -0.4 is 0 Å². The minimum absolute atomic E-state index is 0. The summed E-state index contributed by atoms with van der Waals surface area (Å²) in [6.07, 6.45) is -5.39. The molecule has 6 fully saturated rings. The number of allylic oxidation sites excluding steroid dienone is 2. The molecule has 0 amide bonds. The number of ether oxygens (including phenoxy) is 4. The average molecular weight is 980 g/mol. The molecule has 2 heterocycles. The Morgan fingerprint density at radius 3 is 1.84 bits per heavy atom. The molecule has 0 aromatic carbocycles. The van der Waals surface area contributed by atoms with Crippen LogP contribution >= 0.6 is 0 Å².